The monoisotopic (exact) mass is 427 g/mol. The molecule has 7 heteroatoms. The number of nitrogens with one attached hydrogen (secondary N) is 2. The molecule has 2 aliphatic carbocycles. The second kappa shape index (κ2) is 10.5. The Morgan fingerprint density at radius 3 is 2.26 bits per heavy atom. The summed E-state index contributed by atoms with van der Waals surface area (Å²) < 4.78 is 0. The van der Waals surface area contributed by atoms with Crippen molar-refractivity contribution in [2.24, 2.45) is 0 Å². The van der Waals surface area contributed by atoms with Crippen LogP contribution in [0.2, 0.25) is 0 Å². The molecule has 2 amide bonds. The minimum Gasteiger partial charge on any atom is -0.352 e. The molecule has 1 saturated heterocycles. The Kier molecular flexibility index (Phi) is 7.54. The number of aromatic nitrogens is 2. The molecule has 4 rings (SSSR count). The smallest absolute Gasteiger partial charge is 0.254 e. The highest BCUT2D eigenvalue weighted by Gasteiger charge is 2.33. The van der Waals surface area contributed by atoms with Gasteiger partial charge in [0.1, 0.15) is 5.82 Å². The third-order valence-electron chi connectivity index (χ3n) is 7.12. The van der Waals surface area contributed by atoms with Crippen molar-refractivity contribution in [2.75, 3.05) is 13.1 Å². The number of hydrogen-bond donors (Lipinski definition) is 2. The van der Waals surface area contributed by atoms with Crippen molar-refractivity contribution < 1.29 is 9.59 Å². The maximum absolute atomic E-state index is 13.1. The van der Waals surface area contributed by atoms with Crippen LogP contribution in [0.5, 0.6) is 0 Å². The standard InChI is InChI=1S/C24H37N5O2/c1-17-25-15-20(24(31)28-19-11-6-3-7-12-19)23(26-17)21-13-8-14-29(21)16-22(30)27-18-9-4-2-5-10-18/h15,18-19,21H,2-14,16H2,1H3,(H,27,30)(H,28,31)/t21-/m1/s1. The van der Waals surface area contributed by atoms with Gasteiger partial charge >= 0.3 is 0 Å². The van der Waals surface area contributed by atoms with Gasteiger partial charge in [0, 0.05) is 18.3 Å². The molecule has 0 aromatic carbocycles. The number of nitrogens with zero attached hydrogens (tertiary/aromatic N) is 3. The van der Waals surface area contributed by atoms with Crippen LogP contribution < -0.4 is 10.6 Å². The van der Waals surface area contributed by atoms with Gasteiger partial charge in [-0.05, 0) is 52.0 Å². The lowest BCUT2D eigenvalue weighted by molar-refractivity contribution is -0.123. The number of aryl methyl sites for hydroxylation is 1. The fourth-order valence-electron chi connectivity index (χ4n) is 5.46. The maximum Gasteiger partial charge on any atom is 0.254 e. The summed E-state index contributed by atoms with van der Waals surface area (Å²) >= 11 is 0. The minimum atomic E-state index is -0.0691. The van der Waals surface area contributed by atoms with Gasteiger partial charge in [-0.25, -0.2) is 9.97 Å². The zero-order valence-electron chi connectivity index (χ0n) is 18.9. The Labute approximate surface area is 185 Å². The summed E-state index contributed by atoms with van der Waals surface area (Å²) in [6, 6.07) is 0.558. The lowest BCUT2D eigenvalue weighted by Gasteiger charge is -2.28. The molecule has 2 saturated carbocycles. The van der Waals surface area contributed by atoms with Crippen LogP contribution in [0.25, 0.3) is 0 Å². The molecule has 0 unspecified atom stereocenters. The summed E-state index contributed by atoms with van der Waals surface area (Å²) in [7, 11) is 0. The van der Waals surface area contributed by atoms with Gasteiger partial charge < -0.3 is 10.6 Å². The van der Waals surface area contributed by atoms with E-state index in [4.69, 9.17) is 4.98 Å². The largest absolute Gasteiger partial charge is 0.352 e. The summed E-state index contributed by atoms with van der Waals surface area (Å²) in [6.45, 7) is 3.09. The first-order valence-corrected chi connectivity index (χ1v) is 12.3. The number of likely N-dealkylation sites (tertiary alicyclic amines) is 1. The van der Waals surface area contributed by atoms with E-state index >= 15 is 0 Å². The summed E-state index contributed by atoms with van der Waals surface area (Å²) in [5.41, 5.74) is 1.35. The van der Waals surface area contributed by atoms with E-state index in [2.05, 4.69) is 20.5 Å². The zero-order chi connectivity index (χ0) is 21.6. The Balaban J connectivity index is 1.44. The predicted molar refractivity (Wildman–Crippen MR) is 120 cm³/mol. The normalized spacial score (nSPS) is 23.6. The first-order chi connectivity index (χ1) is 15.1. The highest BCUT2D eigenvalue weighted by Crippen LogP contribution is 2.32. The number of carbonyl (C=O) groups is 2. The van der Waals surface area contributed by atoms with Gasteiger partial charge in [0.25, 0.3) is 5.91 Å². The fraction of sp³-hybridized carbons (Fsp3) is 0.750. The molecule has 0 radical (unpaired) electrons. The van der Waals surface area contributed by atoms with E-state index in [1.807, 2.05) is 6.92 Å². The van der Waals surface area contributed by atoms with Crippen LogP contribution in [0.1, 0.15) is 105 Å². The molecular formula is C24H37N5O2. The van der Waals surface area contributed by atoms with Crippen LogP contribution in [-0.2, 0) is 4.79 Å². The van der Waals surface area contributed by atoms with Gasteiger partial charge in [0.05, 0.1) is 23.8 Å². The minimum absolute atomic E-state index is 0.00842. The molecule has 1 aromatic heterocycles. The summed E-state index contributed by atoms with van der Waals surface area (Å²) in [5, 5.41) is 6.44. The van der Waals surface area contributed by atoms with Crippen LogP contribution >= 0.6 is 0 Å². The average molecular weight is 428 g/mol. The van der Waals surface area contributed by atoms with Gasteiger partial charge in [0.2, 0.25) is 5.91 Å². The predicted octanol–water partition coefficient (Wildman–Crippen LogP) is 3.43. The van der Waals surface area contributed by atoms with E-state index in [-0.39, 0.29) is 23.9 Å². The van der Waals surface area contributed by atoms with Crippen LogP contribution in [-0.4, -0.2) is 51.9 Å². The van der Waals surface area contributed by atoms with E-state index in [0.29, 0.717) is 24.0 Å². The molecule has 170 valence electrons. The average Bonchev–Trinajstić information content (AvgIpc) is 3.22. The summed E-state index contributed by atoms with van der Waals surface area (Å²) in [4.78, 5) is 37.0. The van der Waals surface area contributed by atoms with Gasteiger partial charge in [-0.2, -0.15) is 0 Å². The van der Waals surface area contributed by atoms with Crippen LogP contribution in [0.4, 0.5) is 0 Å². The summed E-state index contributed by atoms with van der Waals surface area (Å²) in [5.74, 6) is 0.695. The Morgan fingerprint density at radius 2 is 1.58 bits per heavy atom. The third-order valence-corrected chi connectivity index (χ3v) is 7.12. The SMILES string of the molecule is Cc1ncc(C(=O)NC2CCCCC2)c([C@H]2CCCN2CC(=O)NC2CCCCC2)n1. The molecule has 3 aliphatic rings. The first kappa shape index (κ1) is 22.2. The van der Waals surface area contributed by atoms with Crippen LogP contribution in [0.15, 0.2) is 6.20 Å². The van der Waals surface area contributed by atoms with Crippen molar-refractivity contribution in [3.05, 3.63) is 23.3 Å². The van der Waals surface area contributed by atoms with Crippen molar-refractivity contribution in [3.63, 3.8) is 0 Å². The van der Waals surface area contributed by atoms with E-state index in [0.717, 1.165) is 50.8 Å². The highest BCUT2D eigenvalue weighted by atomic mass is 16.2. The Hall–Kier alpha value is -2.02. The molecule has 31 heavy (non-hydrogen) atoms. The molecule has 2 N–H and O–H groups in total. The second-order valence-corrected chi connectivity index (χ2v) is 9.56. The quantitative estimate of drug-likeness (QED) is 0.726. The van der Waals surface area contributed by atoms with Crippen molar-refractivity contribution in [1.82, 2.24) is 25.5 Å². The molecule has 1 atom stereocenters. The van der Waals surface area contributed by atoms with Gasteiger partial charge in [-0.1, -0.05) is 38.5 Å². The lowest BCUT2D eigenvalue weighted by atomic mass is 9.95. The number of amides is 2. The van der Waals surface area contributed by atoms with Gasteiger partial charge in [-0.3, -0.25) is 14.5 Å². The van der Waals surface area contributed by atoms with Gasteiger partial charge in [-0.15, -0.1) is 0 Å². The first-order valence-electron chi connectivity index (χ1n) is 12.3. The van der Waals surface area contributed by atoms with E-state index in [9.17, 15) is 9.59 Å². The highest BCUT2D eigenvalue weighted by molar-refractivity contribution is 5.95. The molecular weight excluding hydrogens is 390 g/mol. The third kappa shape index (κ3) is 5.82. The Bertz CT molecular complexity index is 771. The summed E-state index contributed by atoms with van der Waals surface area (Å²) in [6.07, 6.45) is 15.2. The molecule has 2 heterocycles. The molecule has 0 spiro atoms. The van der Waals surface area contributed by atoms with E-state index in [1.54, 1.807) is 6.20 Å². The van der Waals surface area contributed by atoms with Crippen molar-refractivity contribution in [3.8, 4) is 0 Å². The molecule has 3 fully saturated rings. The number of carbonyl (C=O) groups excluding carboxylic acids is 2. The number of rotatable bonds is 6. The van der Waals surface area contributed by atoms with Crippen LogP contribution in [0.3, 0.4) is 0 Å². The van der Waals surface area contributed by atoms with E-state index < -0.39 is 0 Å². The van der Waals surface area contributed by atoms with E-state index in [1.165, 1.54) is 38.5 Å². The lowest BCUT2D eigenvalue weighted by Crippen LogP contribution is -2.43. The molecule has 0 bridgehead atoms. The molecule has 7 nitrogen and oxygen atoms in total. The topological polar surface area (TPSA) is 87.2 Å². The van der Waals surface area contributed by atoms with Crippen molar-refractivity contribution in [2.45, 2.75) is 102 Å². The maximum atomic E-state index is 13.1. The molecule has 1 aromatic rings. The molecule has 1 aliphatic heterocycles. The zero-order valence-corrected chi connectivity index (χ0v) is 18.9. The van der Waals surface area contributed by atoms with Crippen molar-refractivity contribution >= 4 is 11.8 Å². The van der Waals surface area contributed by atoms with Crippen LogP contribution in [0, 0.1) is 6.92 Å². The van der Waals surface area contributed by atoms with Crippen molar-refractivity contribution in [1.29, 1.82) is 0 Å². The van der Waals surface area contributed by atoms with Gasteiger partial charge in [0.15, 0.2) is 0 Å². The Morgan fingerprint density at radius 1 is 0.935 bits per heavy atom. The second-order valence-electron chi connectivity index (χ2n) is 9.56. The number of hydrogen-bond acceptors (Lipinski definition) is 5. The fourth-order valence-corrected chi connectivity index (χ4v) is 5.46.